The van der Waals surface area contributed by atoms with Crippen LogP contribution in [0.5, 0.6) is 0 Å². The van der Waals surface area contributed by atoms with Crippen molar-refractivity contribution in [3.05, 3.63) is 59.7 Å². The number of carboxylic acid groups (broad SMARTS) is 1. The molecule has 0 spiro atoms. The summed E-state index contributed by atoms with van der Waals surface area (Å²) in [4.78, 5) is 35.9. The second-order valence-electron chi connectivity index (χ2n) is 9.27. The van der Waals surface area contributed by atoms with E-state index in [9.17, 15) is 14.4 Å². The maximum absolute atomic E-state index is 12.7. The highest BCUT2D eigenvalue weighted by Crippen LogP contribution is 2.44. The lowest BCUT2D eigenvalue weighted by molar-refractivity contribution is -0.138. The Labute approximate surface area is 193 Å². The van der Waals surface area contributed by atoms with Gasteiger partial charge >= 0.3 is 12.1 Å². The minimum Gasteiger partial charge on any atom is -0.481 e. The largest absolute Gasteiger partial charge is 0.481 e. The van der Waals surface area contributed by atoms with E-state index in [1.165, 1.54) is 11.1 Å². The van der Waals surface area contributed by atoms with Crippen molar-refractivity contribution in [1.29, 1.82) is 0 Å². The molecular formula is C26H30N2O5. The minimum absolute atomic E-state index is 0.00340. The number of alkyl carbamates (subject to hydrolysis) is 1. The van der Waals surface area contributed by atoms with Crippen LogP contribution < -0.4 is 10.6 Å². The highest BCUT2D eigenvalue weighted by Gasteiger charge is 2.41. The van der Waals surface area contributed by atoms with Gasteiger partial charge in [-0.3, -0.25) is 9.59 Å². The molecule has 1 saturated carbocycles. The molecule has 2 aromatic carbocycles. The monoisotopic (exact) mass is 450 g/mol. The highest BCUT2D eigenvalue weighted by molar-refractivity contribution is 5.80. The van der Waals surface area contributed by atoms with Crippen LogP contribution in [0.3, 0.4) is 0 Å². The summed E-state index contributed by atoms with van der Waals surface area (Å²) in [5.41, 5.74) is 4.06. The van der Waals surface area contributed by atoms with Crippen LogP contribution in [-0.2, 0) is 14.3 Å². The smallest absolute Gasteiger partial charge is 0.407 e. The topological polar surface area (TPSA) is 105 Å². The first-order chi connectivity index (χ1) is 15.9. The van der Waals surface area contributed by atoms with Gasteiger partial charge in [-0.1, -0.05) is 55.5 Å². The van der Waals surface area contributed by atoms with Crippen LogP contribution in [-0.4, -0.2) is 41.8 Å². The third-order valence-electron chi connectivity index (χ3n) is 6.69. The zero-order valence-corrected chi connectivity index (χ0v) is 18.8. The van der Waals surface area contributed by atoms with E-state index in [1.54, 1.807) is 6.92 Å². The first-order valence-electron chi connectivity index (χ1n) is 11.5. The van der Waals surface area contributed by atoms with Crippen LogP contribution in [0.4, 0.5) is 4.79 Å². The van der Waals surface area contributed by atoms with E-state index < -0.39 is 17.6 Å². The molecule has 1 atom stereocenters. The Balaban J connectivity index is 1.32. The molecule has 0 aromatic heterocycles. The van der Waals surface area contributed by atoms with E-state index in [1.807, 2.05) is 24.3 Å². The lowest BCUT2D eigenvalue weighted by atomic mass is 9.74. The number of benzene rings is 2. The molecule has 0 heterocycles. The van der Waals surface area contributed by atoms with Crippen LogP contribution in [0.1, 0.15) is 56.1 Å². The second kappa shape index (κ2) is 9.65. The van der Waals surface area contributed by atoms with Gasteiger partial charge in [-0.25, -0.2) is 4.79 Å². The third-order valence-corrected chi connectivity index (χ3v) is 6.69. The number of hydrogen-bond acceptors (Lipinski definition) is 4. The van der Waals surface area contributed by atoms with E-state index >= 15 is 0 Å². The van der Waals surface area contributed by atoms with Gasteiger partial charge in [0.1, 0.15) is 6.61 Å². The Bertz CT molecular complexity index is 1000. The predicted molar refractivity (Wildman–Crippen MR) is 124 cm³/mol. The summed E-state index contributed by atoms with van der Waals surface area (Å²) in [6.45, 7) is 2.31. The van der Waals surface area contributed by atoms with Crippen molar-refractivity contribution in [2.75, 3.05) is 13.2 Å². The molecule has 0 aliphatic heterocycles. The third kappa shape index (κ3) is 5.18. The number of aliphatic carboxylic acids is 1. The highest BCUT2D eigenvalue weighted by atomic mass is 16.5. The summed E-state index contributed by atoms with van der Waals surface area (Å²) in [6.07, 6.45) is 2.03. The SMILES string of the molecule is CC(CNC(=O)CC1(NC(=O)OCC2c3ccccc3-c3ccccc32)CCC1)CC(=O)O. The summed E-state index contributed by atoms with van der Waals surface area (Å²) in [5.74, 6) is -1.24. The van der Waals surface area contributed by atoms with Crippen LogP contribution in [0, 0.1) is 5.92 Å². The maximum Gasteiger partial charge on any atom is 0.407 e. The van der Waals surface area contributed by atoms with Crippen LogP contribution in [0.25, 0.3) is 11.1 Å². The van der Waals surface area contributed by atoms with Gasteiger partial charge in [-0.15, -0.1) is 0 Å². The zero-order chi connectivity index (χ0) is 23.4. The Morgan fingerprint density at radius 2 is 1.67 bits per heavy atom. The minimum atomic E-state index is -0.885. The molecule has 1 fully saturated rings. The molecule has 1 unspecified atom stereocenters. The molecule has 2 amide bonds. The lowest BCUT2D eigenvalue weighted by Crippen LogP contribution is -2.56. The van der Waals surface area contributed by atoms with E-state index in [0.29, 0.717) is 6.54 Å². The Hall–Kier alpha value is -3.35. The quantitative estimate of drug-likeness (QED) is 0.534. The van der Waals surface area contributed by atoms with E-state index in [4.69, 9.17) is 9.84 Å². The van der Waals surface area contributed by atoms with Crippen molar-refractivity contribution in [2.45, 2.75) is 50.5 Å². The van der Waals surface area contributed by atoms with Crippen molar-refractivity contribution in [2.24, 2.45) is 5.92 Å². The van der Waals surface area contributed by atoms with Crippen molar-refractivity contribution in [1.82, 2.24) is 10.6 Å². The number of hydrogen-bond donors (Lipinski definition) is 3. The zero-order valence-electron chi connectivity index (χ0n) is 18.8. The van der Waals surface area contributed by atoms with Gasteiger partial charge in [-0.2, -0.15) is 0 Å². The molecule has 4 rings (SSSR count). The van der Waals surface area contributed by atoms with Crippen molar-refractivity contribution >= 4 is 18.0 Å². The second-order valence-corrected chi connectivity index (χ2v) is 9.27. The number of carbonyl (C=O) groups is 3. The molecule has 2 aliphatic carbocycles. The fraction of sp³-hybridized carbons (Fsp3) is 0.423. The fourth-order valence-electron chi connectivity index (χ4n) is 4.83. The average molecular weight is 451 g/mol. The first kappa shape index (κ1) is 22.8. The number of nitrogens with one attached hydrogen (secondary N) is 2. The summed E-state index contributed by atoms with van der Waals surface area (Å²) in [6, 6.07) is 16.3. The number of fused-ring (bicyclic) bond motifs is 3. The van der Waals surface area contributed by atoms with Crippen LogP contribution in [0.15, 0.2) is 48.5 Å². The molecule has 7 heteroatoms. The van der Waals surface area contributed by atoms with Gasteiger partial charge in [-0.05, 0) is 47.4 Å². The molecule has 174 valence electrons. The van der Waals surface area contributed by atoms with Crippen molar-refractivity contribution in [3.63, 3.8) is 0 Å². The maximum atomic E-state index is 12.7. The molecule has 3 N–H and O–H groups in total. The first-order valence-corrected chi connectivity index (χ1v) is 11.5. The molecule has 0 radical (unpaired) electrons. The van der Waals surface area contributed by atoms with Crippen molar-refractivity contribution < 1.29 is 24.2 Å². The molecule has 7 nitrogen and oxygen atoms in total. The standard InChI is InChI=1S/C26H30N2O5/c1-17(13-24(30)31)15-27-23(29)14-26(11-6-12-26)28-25(32)33-16-22-20-9-4-2-7-18(20)19-8-3-5-10-21(19)22/h2-5,7-10,17,22H,6,11-16H2,1H3,(H,27,29)(H,28,32)(H,30,31). The average Bonchev–Trinajstić information content (AvgIpc) is 3.08. The Kier molecular flexibility index (Phi) is 6.67. The van der Waals surface area contributed by atoms with Gasteiger partial charge < -0.3 is 20.5 Å². The van der Waals surface area contributed by atoms with Gasteiger partial charge in [0.15, 0.2) is 0 Å². The summed E-state index contributed by atoms with van der Waals surface area (Å²) in [7, 11) is 0. The number of amides is 2. The Morgan fingerprint density at radius 1 is 1.06 bits per heavy atom. The summed E-state index contributed by atoms with van der Waals surface area (Å²) >= 11 is 0. The molecule has 2 aliphatic rings. The molecular weight excluding hydrogens is 420 g/mol. The molecule has 33 heavy (non-hydrogen) atoms. The van der Waals surface area contributed by atoms with Gasteiger partial charge in [0, 0.05) is 25.3 Å². The molecule has 0 saturated heterocycles. The number of rotatable bonds is 9. The molecule has 0 bridgehead atoms. The Morgan fingerprint density at radius 3 is 2.21 bits per heavy atom. The van der Waals surface area contributed by atoms with Gasteiger partial charge in [0.25, 0.3) is 0 Å². The number of carboxylic acids is 1. The number of ether oxygens (including phenoxy) is 1. The van der Waals surface area contributed by atoms with Gasteiger partial charge in [0.2, 0.25) is 5.91 Å². The van der Waals surface area contributed by atoms with Gasteiger partial charge in [0.05, 0.1) is 5.54 Å². The van der Waals surface area contributed by atoms with Crippen LogP contribution in [0.2, 0.25) is 0 Å². The van der Waals surface area contributed by atoms with Crippen molar-refractivity contribution in [3.8, 4) is 11.1 Å². The normalized spacial score (nSPS) is 16.6. The number of carbonyl (C=O) groups excluding carboxylic acids is 2. The summed E-state index contributed by atoms with van der Waals surface area (Å²) < 4.78 is 5.65. The van der Waals surface area contributed by atoms with E-state index in [2.05, 4.69) is 34.9 Å². The fourth-order valence-corrected chi connectivity index (χ4v) is 4.83. The van der Waals surface area contributed by atoms with E-state index in [-0.39, 0.29) is 37.2 Å². The lowest BCUT2D eigenvalue weighted by Gasteiger charge is -2.41. The summed E-state index contributed by atoms with van der Waals surface area (Å²) in [5, 5.41) is 14.6. The van der Waals surface area contributed by atoms with Crippen LogP contribution >= 0.6 is 0 Å². The predicted octanol–water partition coefficient (Wildman–Crippen LogP) is 4.06. The molecule has 2 aromatic rings. The van der Waals surface area contributed by atoms with E-state index in [0.717, 1.165) is 30.4 Å².